The molecule has 4 heteroatoms. The maximum atomic E-state index is 12.7. The van der Waals surface area contributed by atoms with Crippen LogP contribution in [0, 0.1) is 12.8 Å². The summed E-state index contributed by atoms with van der Waals surface area (Å²) in [5.41, 5.74) is 0.519. The first-order chi connectivity index (χ1) is 9.39. The van der Waals surface area contributed by atoms with Crippen LogP contribution in [0.5, 0.6) is 0 Å². The molecule has 1 aromatic heterocycles. The summed E-state index contributed by atoms with van der Waals surface area (Å²) in [4.78, 5) is 16.0. The Morgan fingerprint density at radius 3 is 2.85 bits per heavy atom. The Morgan fingerprint density at radius 2 is 2.25 bits per heavy atom. The molecule has 1 amide bonds. The van der Waals surface area contributed by atoms with Gasteiger partial charge in [-0.25, -0.2) is 0 Å². The van der Waals surface area contributed by atoms with Crippen LogP contribution in [0.1, 0.15) is 49.5 Å². The Morgan fingerprint density at radius 1 is 1.50 bits per heavy atom. The topological polar surface area (TPSA) is 40.5 Å². The highest BCUT2D eigenvalue weighted by atomic mass is 32.1. The predicted molar refractivity (Wildman–Crippen MR) is 80.9 cm³/mol. The van der Waals surface area contributed by atoms with Crippen LogP contribution in [0.4, 0.5) is 0 Å². The molecule has 1 aliphatic carbocycles. The van der Waals surface area contributed by atoms with Crippen molar-refractivity contribution in [2.45, 2.75) is 57.6 Å². The van der Waals surface area contributed by atoms with Crippen LogP contribution in [0.15, 0.2) is 11.4 Å². The quantitative estimate of drug-likeness (QED) is 0.931. The molecule has 1 N–H and O–H groups in total. The van der Waals surface area contributed by atoms with Gasteiger partial charge < -0.3 is 10.0 Å². The van der Waals surface area contributed by atoms with Crippen molar-refractivity contribution >= 4 is 17.2 Å². The van der Waals surface area contributed by atoms with Gasteiger partial charge in [0.15, 0.2) is 0 Å². The molecule has 2 heterocycles. The van der Waals surface area contributed by atoms with Crippen LogP contribution in [-0.2, 0) is 4.79 Å². The number of carbonyl (C=O) groups is 1. The normalized spacial score (nSPS) is 29.8. The standard InChI is InChI=1S/C16H23NO2S/c1-10-6-8-20-14(10)11-9-12(11)15(18)17-7-4-5-13(17)16(2,3)19/h6,8,11-13,19H,4-5,7,9H2,1-3H3/t11-,12+,13-/m1/s1. The zero-order valence-electron chi connectivity index (χ0n) is 12.4. The van der Waals surface area contributed by atoms with Gasteiger partial charge in [-0.1, -0.05) is 0 Å². The Labute approximate surface area is 124 Å². The van der Waals surface area contributed by atoms with Crippen LogP contribution < -0.4 is 0 Å². The summed E-state index contributed by atoms with van der Waals surface area (Å²) >= 11 is 1.77. The van der Waals surface area contributed by atoms with Crippen LogP contribution in [0.2, 0.25) is 0 Å². The summed E-state index contributed by atoms with van der Waals surface area (Å²) < 4.78 is 0. The van der Waals surface area contributed by atoms with Crippen molar-refractivity contribution in [2.75, 3.05) is 6.54 Å². The lowest BCUT2D eigenvalue weighted by atomic mass is 9.96. The molecule has 1 aromatic rings. The minimum absolute atomic E-state index is 0.0133. The average molecular weight is 293 g/mol. The molecule has 3 rings (SSSR count). The van der Waals surface area contributed by atoms with Crippen LogP contribution in [0.25, 0.3) is 0 Å². The molecule has 110 valence electrons. The van der Waals surface area contributed by atoms with E-state index in [9.17, 15) is 9.90 Å². The third kappa shape index (κ3) is 2.40. The Bertz CT molecular complexity index is 517. The maximum absolute atomic E-state index is 12.7. The number of aryl methyl sites for hydroxylation is 1. The number of amides is 1. The molecule has 20 heavy (non-hydrogen) atoms. The van der Waals surface area contributed by atoms with Gasteiger partial charge in [-0.05, 0) is 57.0 Å². The van der Waals surface area contributed by atoms with Gasteiger partial charge in [-0.2, -0.15) is 0 Å². The third-order valence-electron chi connectivity index (χ3n) is 4.70. The monoisotopic (exact) mass is 293 g/mol. The number of hydrogen-bond acceptors (Lipinski definition) is 3. The van der Waals surface area contributed by atoms with E-state index in [0.29, 0.717) is 5.92 Å². The third-order valence-corrected chi connectivity index (χ3v) is 5.85. The number of nitrogens with zero attached hydrogens (tertiary/aromatic N) is 1. The van der Waals surface area contributed by atoms with Crippen molar-refractivity contribution in [1.82, 2.24) is 4.90 Å². The van der Waals surface area contributed by atoms with Gasteiger partial charge in [-0.15, -0.1) is 11.3 Å². The van der Waals surface area contributed by atoms with Crippen molar-refractivity contribution in [3.8, 4) is 0 Å². The number of thiophene rings is 1. The van der Waals surface area contributed by atoms with Gasteiger partial charge in [-0.3, -0.25) is 4.79 Å². The SMILES string of the molecule is Cc1ccsc1[C@@H]1C[C@@H]1C(=O)N1CCC[C@@H]1C(C)(C)O. The summed E-state index contributed by atoms with van der Waals surface area (Å²) in [5, 5.41) is 12.4. The van der Waals surface area contributed by atoms with Gasteiger partial charge >= 0.3 is 0 Å². The zero-order chi connectivity index (χ0) is 14.5. The van der Waals surface area contributed by atoms with Crippen LogP contribution in [0.3, 0.4) is 0 Å². The number of likely N-dealkylation sites (tertiary alicyclic amines) is 1. The number of aliphatic hydroxyl groups is 1. The lowest BCUT2D eigenvalue weighted by molar-refractivity contribution is -0.138. The fourth-order valence-corrected chi connectivity index (χ4v) is 4.61. The molecule has 0 bridgehead atoms. The van der Waals surface area contributed by atoms with Crippen molar-refractivity contribution in [2.24, 2.45) is 5.92 Å². The smallest absolute Gasteiger partial charge is 0.226 e. The minimum Gasteiger partial charge on any atom is -0.388 e. The van der Waals surface area contributed by atoms with Crippen LogP contribution >= 0.6 is 11.3 Å². The maximum Gasteiger partial charge on any atom is 0.226 e. The van der Waals surface area contributed by atoms with Crippen molar-refractivity contribution in [3.05, 3.63) is 21.9 Å². The molecule has 0 radical (unpaired) electrons. The first-order valence-electron chi connectivity index (χ1n) is 7.46. The molecule has 3 atom stereocenters. The molecule has 0 aromatic carbocycles. The van der Waals surface area contributed by atoms with E-state index in [1.165, 1.54) is 10.4 Å². The first-order valence-corrected chi connectivity index (χ1v) is 8.34. The lowest BCUT2D eigenvalue weighted by Gasteiger charge is -2.34. The van der Waals surface area contributed by atoms with E-state index in [4.69, 9.17) is 0 Å². The molecular formula is C16H23NO2S. The van der Waals surface area contributed by atoms with Crippen molar-refractivity contribution < 1.29 is 9.90 Å². The lowest BCUT2D eigenvalue weighted by Crippen LogP contribution is -2.48. The highest BCUT2D eigenvalue weighted by molar-refractivity contribution is 7.10. The van der Waals surface area contributed by atoms with Gasteiger partial charge in [0, 0.05) is 23.3 Å². The summed E-state index contributed by atoms with van der Waals surface area (Å²) in [6, 6.07) is 2.12. The van der Waals surface area contributed by atoms with E-state index in [2.05, 4.69) is 18.4 Å². The van der Waals surface area contributed by atoms with E-state index in [1.54, 1.807) is 11.3 Å². The van der Waals surface area contributed by atoms with Gasteiger partial charge in [0.25, 0.3) is 0 Å². The van der Waals surface area contributed by atoms with E-state index >= 15 is 0 Å². The Hall–Kier alpha value is -0.870. The minimum atomic E-state index is -0.796. The second kappa shape index (κ2) is 4.85. The Balaban J connectivity index is 1.70. The van der Waals surface area contributed by atoms with E-state index in [1.807, 2.05) is 18.7 Å². The second-order valence-electron chi connectivity index (χ2n) is 6.76. The van der Waals surface area contributed by atoms with Crippen molar-refractivity contribution in [1.29, 1.82) is 0 Å². The molecule has 1 aliphatic heterocycles. The fraction of sp³-hybridized carbons (Fsp3) is 0.688. The van der Waals surface area contributed by atoms with E-state index < -0.39 is 5.60 Å². The number of carbonyl (C=O) groups excluding carboxylic acids is 1. The van der Waals surface area contributed by atoms with Gasteiger partial charge in [0.05, 0.1) is 11.6 Å². The molecule has 0 spiro atoms. The molecule has 0 unspecified atom stereocenters. The highest BCUT2D eigenvalue weighted by Crippen LogP contribution is 2.52. The molecule has 3 nitrogen and oxygen atoms in total. The number of rotatable bonds is 3. The molecular weight excluding hydrogens is 270 g/mol. The second-order valence-corrected chi connectivity index (χ2v) is 7.71. The fourth-order valence-electron chi connectivity index (χ4n) is 3.50. The van der Waals surface area contributed by atoms with Gasteiger partial charge in [0.1, 0.15) is 0 Å². The van der Waals surface area contributed by atoms with E-state index in [-0.39, 0.29) is 17.9 Å². The summed E-state index contributed by atoms with van der Waals surface area (Å²) in [7, 11) is 0. The van der Waals surface area contributed by atoms with Gasteiger partial charge in [0.2, 0.25) is 5.91 Å². The zero-order valence-corrected chi connectivity index (χ0v) is 13.2. The summed E-state index contributed by atoms with van der Waals surface area (Å²) in [6.07, 6.45) is 2.91. The molecule has 2 fully saturated rings. The predicted octanol–water partition coefficient (Wildman–Crippen LogP) is 2.92. The average Bonchev–Trinajstić information content (AvgIpc) is 2.81. The van der Waals surface area contributed by atoms with Crippen molar-refractivity contribution in [3.63, 3.8) is 0 Å². The molecule has 1 saturated carbocycles. The molecule has 1 saturated heterocycles. The summed E-state index contributed by atoms with van der Waals surface area (Å²) in [5.74, 6) is 0.827. The summed E-state index contributed by atoms with van der Waals surface area (Å²) in [6.45, 7) is 6.56. The largest absolute Gasteiger partial charge is 0.388 e. The highest BCUT2D eigenvalue weighted by Gasteiger charge is 2.50. The van der Waals surface area contributed by atoms with Crippen LogP contribution in [-0.4, -0.2) is 34.1 Å². The molecule has 2 aliphatic rings. The number of hydrogen-bond donors (Lipinski definition) is 1. The van der Waals surface area contributed by atoms with E-state index in [0.717, 1.165) is 25.8 Å². The Kier molecular flexibility index (Phi) is 3.41. The first kappa shape index (κ1) is 14.1.